The molecule has 0 spiro atoms. The molecule has 0 saturated heterocycles. The van der Waals surface area contributed by atoms with Crippen LogP contribution in [0.4, 0.5) is 4.39 Å². The second-order valence-corrected chi connectivity index (χ2v) is 2.96. The lowest BCUT2D eigenvalue weighted by atomic mass is 10.3. The molecule has 0 amide bonds. The Kier molecular flexibility index (Phi) is 2.69. The molecule has 0 radical (unpaired) electrons. The van der Waals surface area contributed by atoms with Crippen molar-refractivity contribution in [3.05, 3.63) is 48.0 Å². The summed E-state index contributed by atoms with van der Waals surface area (Å²) in [6.45, 7) is 0.292. The Morgan fingerprint density at radius 3 is 2.67 bits per heavy atom. The first kappa shape index (κ1) is 9.73. The molecule has 2 aromatic rings. The Hall–Kier alpha value is -1.81. The van der Waals surface area contributed by atoms with E-state index < -0.39 is 5.82 Å². The number of hydrogen-bond acceptors (Lipinski definition) is 3. The summed E-state index contributed by atoms with van der Waals surface area (Å²) in [7, 11) is 0. The fraction of sp³-hybridized carbons (Fsp3) is 0.0909. The van der Waals surface area contributed by atoms with E-state index in [2.05, 4.69) is 0 Å². The maximum Gasteiger partial charge on any atom is 0.290 e. The molecular formula is C11H10FNO2. The van der Waals surface area contributed by atoms with Gasteiger partial charge >= 0.3 is 0 Å². The van der Waals surface area contributed by atoms with Crippen LogP contribution < -0.4 is 10.5 Å². The van der Waals surface area contributed by atoms with Crippen molar-refractivity contribution in [3.63, 3.8) is 0 Å². The lowest BCUT2D eigenvalue weighted by molar-refractivity contribution is 0.321. The normalized spacial score (nSPS) is 10.3. The topological polar surface area (TPSA) is 48.4 Å². The van der Waals surface area contributed by atoms with Crippen LogP contribution in [0.1, 0.15) is 5.76 Å². The smallest absolute Gasteiger partial charge is 0.290 e. The summed E-state index contributed by atoms with van der Waals surface area (Å²) in [5.41, 5.74) is 5.36. The lowest BCUT2D eigenvalue weighted by Crippen LogP contribution is -1.92. The summed E-state index contributed by atoms with van der Waals surface area (Å²) in [5, 5.41) is 0. The maximum atomic E-state index is 13.2. The largest absolute Gasteiger partial charge is 0.429 e. The molecule has 2 rings (SSSR count). The van der Waals surface area contributed by atoms with Crippen LogP contribution in [0.2, 0.25) is 0 Å². The Balaban J connectivity index is 2.18. The van der Waals surface area contributed by atoms with Crippen molar-refractivity contribution in [3.8, 4) is 11.7 Å². The first-order chi connectivity index (χ1) is 7.29. The van der Waals surface area contributed by atoms with Crippen molar-refractivity contribution in [1.29, 1.82) is 0 Å². The van der Waals surface area contributed by atoms with Crippen molar-refractivity contribution in [2.75, 3.05) is 0 Å². The first-order valence-electron chi connectivity index (χ1n) is 4.51. The molecule has 0 bridgehead atoms. The van der Waals surface area contributed by atoms with Crippen LogP contribution >= 0.6 is 0 Å². The molecule has 3 nitrogen and oxygen atoms in total. The van der Waals surface area contributed by atoms with Crippen molar-refractivity contribution < 1.29 is 13.5 Å². The molecule has 0 fully saturated rings. The minimum absolute atomic E-state index is 0.135. The molecule has 2 N–H and O–H groups in total. The van der Waals surface area contributed by atoms with Gasteiger partial charge in [-0.3, -0.25) is 0 Å². The second-order valence-electron chi connectivity index (χ2n) is 2.96. The molecule has 1 aromatic carbocycles. The highest BCUT2D eigenvalue weighted by Crippen LogP contribution is 2.25. The van der Waals surface area contributed by atoms with E-state index in [0.717, 1.165) is 0 Å². The minimum atomic E-state index is -0.428. The zero-order valence-corrected chi connectivity index (χ0v) is 7.94. The van der Waals surface area contributed by atoms with E-state index in [1.165, 1.54) is 12.1 Å². The summed E-state index contributed by atoms with van der Waals surface area (Å²) in [6, 6.07) is 9.42. The van der Waals surface area contributed by atoms with Crippen LogP contribution in [0, 0.1) is 5.82 Å². The molecule has 1 heterocycles. The second kappa shape index (κ2) is 4.14. The van der Waals surface area contributed by atoms with Gasteiger partial charge < -0.3 is 14.9 Å². The molecule has 0 unspecified atom stereocenters. The van der Waals surface area contributed by atoms with Gasteiger partial charge in [-0.15, -0.1) is 0 Å². The fourth-order valence-electron chi connectivity index (χ4n) is 1.16. The average molecular weight is 207 g/mol. The Bertz CT molecular complexity index is 453. The summed E-state index contributed by atoms with van der Waals surface area (Å²) >= 11 is 0. The van der Waals surface area contributed by atoms with Crippen molar-refractivity contribution >= 4 is 0 Å². The summed E-state index contributed by atoms with van der Waals surface area (Å²) in [4.78, 5) is 0. The van der Waals surface area contributed by atoms with Crippen molar-refractivity contribution in [2.45, 2.75) is 6.54 Å². The average Bonchev–Trinajstić information content (AvgIpc) is 2.69. The van der Waals surface area contributed by atoms with Gasteiger partial charge in [0.25, 0.3) is 5.95 Å². The third-order valence-corrected chi connectivity index (χ3v) is 1.89. The van der Waals surface area contributed by atoms with Gasteiger partial charge in [-0.25, -0.2) is 4.39 Å². The highest BCUT2D eigenvalue weighted by atomic mass is 19.1. The first-order valence-corrected chi connectivity index (χ1v) is 4.51. The van der Waals surface area contributed by atoms with Gasteiger partial charge in [0.05, 0.1) is 6.54 Å². The predicted octanol–water partition coefficient (Wildman–Crippen LogP) is 2.67. The monoisotopic (exact) mass is 207 g/mol. The van der Waals surface area contributed by atoms with Crippen LogP contribution in [-0.2, 0) is 6.54 Å². The summed E-state index contributed by atoms with van der Waals surface area (Å²) < 4.78 is 23.5. The third-order valence-electron chi connectivity index (χ3n) is 1.89. The molecule has 1 aromatic heterocycles. The van der Waals surface area contributed by atoms with Crippen LogP contribution in [-0.4, -0.2) is 0 Å². The van der Waals surface area contributed by atoms with E-state index in [1.807, 2.05) is 0 Å². The van der Waals surface area contributed by atoms with Crippen LogP contribution in [0.25, 0.3) is 0 Å². The summed E-state index contributed by atoms with van der Waals surface area (Å²) in [5.74, 6) is 0.542. The SMILES string of the molecule is NCc1ccc(Oc2ccccc2F)o1. The highest BCUT2D eigenvalue weighted by Gasteiger charge is 2.06. The molecular weight excluding hydrogens is 197 g/mol. The van der Waals surface area contributed by atoms with Gasteiger partial charge in [0.15, 0.2) is 11.6 Å². The van der Waals surface area contributed by atoms with Gasteiger partial charge in [-0.1, -0.05) is 12.1 Å². The number of halogens is 1. The number of furan rings is 1. The highest BCUT2D eigenvalue weighted by molar-refractivity contribution is 5.27. The third kappa shape index (κ3) is 2.16. The van der Waals surface area contributed by atoms with Gasteiger partial charge in [0.1, 0.15) is 5.76 Å². The van der Waals surface area contributed by atoms with E-state index in [4.69, 9.17) is 14.9 Å². The number of ether oxygens (including phenoxy) is 1. The number of rotatable bonds is 3. The standard InChI is InChI=1S/C11H10FNO2/c12-9-3-1-2-4-10(9)15-11-6-5-8(7-13)14-11/h1-6H,7,13H2. The number of hydrogen-bond donors (Lipinski definition) is 1. The van der Waals surface area contributed by atoms with Crippen LogP contribution in [0.5, 0.6) is 11.7 Å². The molecule has 0 aliphatic heterocycles. The quantitative estimate of drug-likeness (QED) is 0.841. The fourth-order valence-corrected chi connectivity index (χ4v) is 1.16. The maximum absolute atomic E-state index is 13.2. The zero-order chi connectivity index (χ0) is 10.7. The Morgan fingerprint density at radius 1 is 1.20 bits per heavy atom. The molecule has 0 aliphatic carbocycles. The van der Waals surface area contributed by atoms with E-state index in [-0.39, 0.29) is 11.7 Å². The minimum Gasteiger partial charge on any atom is -0.429 e. The number of nitrogens with two attached hydrogens (primary N) is 1. The van der Waals surface area contributed by atoms with E-state index in [9.17, 15) is 4.39 Å². The van der Waals surface area contributed by atoms with Gasteiger partial charge in [-0.05, 0) is 18.2 Å². The van der Waals surface area contributed by atoms with Crippen molar-refractivity contribution in [2.24, 2.45) is 5.73 Å². The van der Waals surface area contributed by atoms with E-state index >= 15 is 0 Å². The zero-order valence-electron chi connectivity index (χ0n) is 7.94. The lowest BCUT2D eigenvalue weighted by Gasteiger charge is -2.02. The van der Waals surface area contributed by atoms with E-state index in [0.29, 0.717) is 12.3 Å². The molecule has 15 heavy (non-hydrogen) atoms. The van der Waals surface area contributed by atoms with Gasteiger partial charge in [0, 0.05) is 6.07 Å². The number of benzene rings is 1. The summed E-state index contributed by atoms with van der Waals surface area (Å²) in [6.07, 6.45) is 0. The predicted molar refractivity (Wildman–Crippen MR) is 53.1 cm³/mol. The Morgan fingerprint density at radius 2 is 2.00 bits per heavy atom. The molecule has 78 valence electrons. The molecule has 0 aliphatic rings. The molecule has 4 heteroatoms. The number of para-hydroxylation sites is 1. The van der Waals surface area contributed by atoms with Gasteiger partial charge in [-0.2, -0.15) is 0 Å². The van der Waals surface area contributed by atoms with Gasteiger partial charge in [0.2, 0.25) is 0 Å². The van der Waals surface area contributed by atoms with E-state index in [1.54, 1.807) is 24.3 Å². The van der Waals surface area contributed by atoms with Crippen molar-refractivity contribution in [1.82, 2.24) is 0 Å². The Labute approximate surface area is 86.3 Å². The van der Waals surface area contributed by atoms with Crippen LogP contribution in [0.3, 0.4) is 0 Å². The molecule has 0 saturated carbocycles. The van der Waals surface area contributed by atoms with Crippen LogP contribution in [0.15, 0.2) is 40.8 Å². The molecule has 0 atom stereocenters.